The number of piperidine rings is 1. The lowest BCUT2D eigenvalue weighted by atomic mass is 9.85. The molecule has 3 nitrogen and oxygen atoms in total. The molecule has 1 aliphatic heterocycles. The van der Waals surface area contributed by atoms with Crippen molar-refractivity contribution in [2.24, 2.45) is 5.92 Å². The number of carbonyl (C=O) groups is 1. The van der Waals surface area contributed by atoms with E-state index < -0.39 is 0 Å². The summed E-state index contributed by atoms with van der Waals surface area (Å²) >= 11 is 0. The van der Waals surface area contributed by atoms with Gasteiger partial charge in [0.15, 0.2) is 0 Å². The van der Waals surface area contributed by atoms with Gasteiger partial charge in [0.05, 0.1) is 0 Å². The van der Waals surface area contributed by atoms with E-state index in [4.69, 9.17) is 0 Å². The fourth-order valence-corrected chi connectivity index (χ4v) is 2.26. The van der Waals surface area contributed by atoms with Crippen molar-refractivity contribution in [1.29, 1.82) is 0 Å². The summed E-state index contributed by atoms with van der Waals surface area (Å²) in [5, 5.41) is 6.57. The molecule has 2 rings (SSSR count). The Balaban J connectivity index is 1.71. The standard InChI is InChI=1S/C11H20N2O/c1-8-10(5-6-11(14)13-8)12-7-9-3-2-4-9/h8-10,12H,2-7H2,1H3,(H,13,14). The Labute approximate surface area is 85.6 Å². The maximum Gasteiger partial charge on any atom is 0.220 e. The van der Waals surface area contributed by atoms with E-state index in [0.717, 1.165) is 18.9 Å². The highest BCUT2D eigenvalue weighted by atomic mass is 16.1. The van der Waals surface area contributed by atoms with Crippen molar-refractivity contribution >= 4 is 5.91 Å². The van der Waals surface area contributed by atoms with E-state index in [9.17, 15) is 4.79 Å². The zero-order valence-corrected chi connectivity index (χ0v) is 8.88. The van der Waals surface area contributed by atoms with Crippen LogP contribution in [0.1, 0.15) is 39.0 Å². The molecule has 1 saturated carbocycles. The third kappa shape index (κ3) is 2.27. The van der Waals surface area contributed by atoms with Crippen LogP contribution < -0.4 is 10.6 Å². The molecule has 2 unspecified atom stereocenters. The van der Waals surface area contributed by atoms with Crippen molar-refractivity contribution in [1.82, 2.24) is 10.6 Å². The van der Waals surface area contributed by atoms with Gasteiger partial charge in [-0.1, -0.05) is 6.42 Å². The van der Waals surface area contributed by atoms with Crippen LogP contribution in [-0.4, -0.2) is 24.5 Å². The first-order valence-electron chi connectivity index (χ1n) is 5.78. The first kappa shape index (κ1) is 9.97. The molecular weight excluding hydrogens is 176 g/mol. The normalized spacial score (nSPS) is 33.6. The molecule has 14 heavy (non-hydrogen) atoms. The van der Waals surface area contributed by atoms with Gasteiger partial charge in [0, 0.05) is 18.5 Å². The summed E-state index contributed by atoms with van der Waals surface area (Å²) in [5.41, 5.74) is 0. The van der Waals surface area contributed by atoms with Gasteiger partial charge < -0.3 is 10.6 Å². The molecule has 0 radical (unpaired) electrons. The van der Waals surface area contributed by atoms with Gasteiger partial charge in [0.25, 0.3) is 0 Å². The summed E-state index contributed by atoms with van der Waals surface area (Å²) in [5.74, 6) is 1.11. The van der Waals surface area contributed by atoms with Gasteiger partial charge in [-0.05, 0) is 38.6 Å². The van der Waals surface area contributed by atoms with Crippen molar-refractivity contribution in [2.75, 3.05) is 6.54 Å². The molecular formula is C11H20N2O. The van der Waals surface area contributed by atoms with Gasteiger partial charge in [-0.25, -0.2) is 0 Å². The van der Waals surface area contributed by atoms with Crippen molar-refractivity contribution in [3.05, 3.63) is 0 Å². The van der Waals surface area contributed by atoms with Crippen LogP contribution in [-0.2, 0) is 4.79 Å². The molecule has 80 valence electrons. The third-order valence-corrected chi connectivity index (χ3v) is 3.57. The Bertz CT molecular complexity index is 213. The molecule has 2 fully saturated rings. The molecule has 0 bridgehead atoms. The van der Waals surface area contributed by atoms with Gasteiger partial charge in [-0.2, -0.15) is 0 Å². The van der Waals surface area contributed by atoms with E-state index in [-0.39, 0.29) is 5.91 Å². The minimum Gasteiger partial charge on any atom is -0.352 e. The van der Waals surface area contributed by atoms with Crippen LogP contribution in [0.5, 0.6) is 0 Å². The number of hydrogen-bond donors (Lipinski definition) is 2. The van der Waals surface area contributed by atoms with Crippen LogP contribution in [0.15, 0.2) is 0 Å². The van der Waals surface area contributed by atoms with Gasteiger partial charge in [0.1, 0.15) is 0 Å². The Hall–Kier alpha value is -0.570. The molecule has 0 aromatic carbocycles. The van der Waals surface area contributed by atoms with Crippen LogP contribution in [0, 0.1) is 5.92 Å². The van der Waals surface area contributed by atoms with Crippen molar-refractivity contribution < 1.29 is 4.79 Å². The monoisotopic (exact) mass is 196 g/mol. The number of nitrogens with one attached hydrogen (secondary N) is 2. The second-order valence-electron chi connectivity index (χ2n) is 4.71. The van der Waals surface area contributed by atoms with Crippen molar-refractivity contribution in [3.63, 3.8) is 0 Å². The number of carbonyl (C=O) groups excluding carboxylic acids is 1. The van der Waals surface area contributed by atoms with Crippen LogP contribution in [0.2, 0.25) is 0 Å². The molecule has 1 aliphatic carbocycles. The van der Waals surface area contributed by atoms with Gasteiger partial charge >= 0.3 is 0 Å². The van der Waals surface area contributed by atoms with Crippen molar-refractivity contribution in [3.8, 4) is 0 Å². The predicted octanol–water partition coefficient (Wildman–Crippen LogP) is 1.04. The molecule has 2 N–H and O–H groups in total. The maximum atomic E-state index is 11.1. The molecule has 3 heteroatoms. The highest BCUT2D eigenvalue weighted by molar-refractivity contribution is 5.77. The van der Waals surface area contributed by atoms with Gasteiger partial charge in [0.2, 0.25) is 5.91 Å². The molecule has 0 spiro atoms. The van der Waals surface area contributed by atoms with E-state index in [0.29, 0.717) is 18.5 Å². The molecule has 2 atom stereocenters. The minimum atomic E-state index is 0.208. The molecule has 0 aromatic heterocycles. The first-order valence-corrected chi connectivity index (χ1v) is 5.78. The summed E-state index contributed by atoms with van der Waals surface area (Å²) in [7, 11) is 0. The number of amides is 1. The Morgan fingerprint density at radius 3 is 2.79 bits per heavy atom. The van der Waals surface area contributed by atoms with Crippen LogP contribution in [0.25, 0.3) is 0 Å². The Morgan fingerprint density at radius 1 is 1.43 bits per heavy atom. The molecule has 1 heterocycles. The molecule has 0 aromatic rings. The lowest BCUT2D eigenvalue weighted by molar-refractivity contribution is -0.123. The highest BCUT2D eigenvalue weighted by Crippen LogP contribution is 2.25. The van der Waals surface area contributed by atoms with E-state index in [1.165, 1.54) is 19.3 Å². The third-order valence-electron chi connectivity index (χ3n) is 3.57. The lowest BCUT2D eigenvalue weighted by Gasteiger charge is -2.33. The quantitative estimate of drug-likeness (QED) is 0.708. The fraction of sp³-hybridized carbons (Fsp3) is 0.909. The topological polar surface area (TPSA) is 41.1 Å². The van der Waals surface area contributed by atoms with Gasteiger partial charge in [-0.3, -0.25) is 4.79 Å². The zero-order chi connectivity index (χ0) is 9.97. The first-order chi connectivity index (χ1) is 6.75. The summed E-state index contributed by atoms with van der Waals surface area (Å²) in [6.45, 7) is 3.24. The average molecular weight is 196 g/mol. The predicted molar refractivity (Wildman–Crippen MR) is 56.0 cm³/mol. The van der Waals surface area contributed by atoms with Crippen LogP contribution in [0.3, 0.4) is 0 Å². The van der Waals surface area contributed by atoms with Gasteiger partial charge in [-0.15, -0.1) is 0 Å². The summed E-state index contributed by atoms with van der Waals surface area (Å²) in [4.78, 5) is 11.1. The number of hydrogen-bond acceptors (Lipinski definition) is 2. The second-order valence-corrected chi connectivity index (χ2v) is 4.71. The fourth-order valence-electron chi connectivity index (χ4n) is 2.26. The smallest absolute Gasteiger partial charge is 0.220 e. The summed E-state index contributed by atoms with van der Waals surface area (Å²) in [6.07, 6.45) is 5.87. The van der Waals surface area contributed by atoms with E-state index >= 15 is 0 Å². The SMILES string of the molecule is CC1NC(=O)CCC1NCC1CCC1. The molecule has 1 amide bonds. The molecule has 1 saturated heterocycles. The summed E-state index contributed by atoms with van der Waals surface area (Å²) in [6, 6.07) is 0.796. The maximum absolute atomic E-state index is 11.1. The van der Waals surface area contributed by atoms with Crippen molar-refractivity contribution in [2.45, 2.75) is 51.1 Å². The van der Waals surface area contributed by atoms with E-state index in [1.807, 2.05) is 0 Å². The minimum absolute atomic E-state index is 0.208. The Morgan fingerprint density at radius 2 is 2.21 bits per heavy atom. The van der Waals surface area contributed by atoms with E-state index in [1.54, 1.807) is 0 Å². The van der Waals surface area contributed by atoms with Crippen LogP contribution >= 0.6 is 0 Å². The second kappa shape index (κ2) is 4.30. The average Bonchev–Trinajstić information content (AvgIpc) is 2.05. The van der Waals surface area contributed by atoms with Crippen LogP contribution in [0.4, 0.5) is 0 Å². The summed E-state index contributed by atoms with van der Waals surface area (Å²) < 4.78 is 0. The molecule has 2 aliphatic rings. The number of rotatable bonds is 3. The largest absolute Gasteiger partial charge is 0.352 e. The Kier molecular flexibility index (Phi) is 3.06. The lowest BCUT2D eigenvalue weighted by Crippen LogP contribution is -2.53. The zero-order valence-electron chi connectivity index (χ0n) is 8.88. The highest BCUT2D eigenvalue weighted by Gasteiger charge is 2.26. The van der Waals surface area contributed by atoms with E-state index in [2.05, 4.69) is 17.6 Å².